The van der Waals surface area contributed by atoms with Gasteiger partial charge < -0.3 is 9.47 Å². The normalized spacial score (nSPS) is 11.3. The van der Waals surface area contributed by atoms with E-state index in [9.17, 15) is 4.79 Å². The van der Waals surface area contributed by atoms with Gasteiger partial charge in [-0.3, -0.25) is 4.79 Å². The third-order valence-corrected chi connectivity index (χ3v) is 4.71. The minimum absolute atomic E-state index is 0.244. The first kappa shape index (κ1) is 18.6. The van der Waals surface area contributed by atoms with Crippen molar-refractivity contribution in [2.45, 2.75) is 6.92 Å². The molecule has 0 bridgehead atoms. The molecule has 1 aromatic heterocycles. The highest BCUT2D eigenvalue weighted by atomic mass is 79.9. The van der Waals surface area contributed by atoms with Crippen molar-refractivity contribution in [3.8, 4) is 11.5 Å². The first-order valence-corrected chi connectivity index (χ1v) is 9.18. The minimum Gasteiger partial charge on any atom is -0.493 e. The number of hydrogen-bond acceptors (Lipinski definition) is 5. The number of aromatic nitrogens is 2. The fraction of sp³-hybridized carbons (Fsp3) is 0.167. The van der Waals surface area contributed by atoms with Gasteiger partial charge in [0, 0.05) is 14.5 Å². The molecule has 0 atom stereocenters. The van der Waals surface area contributed by atoms with Crippen molar-refractivity contribution < 1.29 is 9.47 Å². The Morgan fingerprint density at radius 3 is 2.58 bits per heavy atom. The molecule has 0 amide bonds. The highest BCUT2D eigenvalue weighted by molar-refractivity contribution is 9.10. The van der Waals surface area contributed by atoms with Crippen LogP contribution in [0.1, 0.15) is 11.4 Å². The summed E-state index contributed by atoms with van der Waals surface area (Å²) in [6, 6.07) is 9.00. The van der Waals surface area contributed by atoms with Gasteiger partial charge in [0.1, 0.15) is 5.82 Å². The van der Waals surface area contributed by atoms with Crippen LogP contribution >= 0.6 is 31.9 Å². The van der Waals surface area contributed by atoms with Gasteiger partial charge in [-0.15, -0.1) is 0 Å². The topological polar surface area (TPSA) is 65.7 Å². The summed E-state index contributed by atoms with van der Waals surface area (Å²) in [4.78, 5) is 17.2. The van der Waals surface area contributed by atoms with E-state index in [-0.39, 0.29) is 5.56 Å². The summed E-state index contributed by atoms with van der Waals surface area (Å²) in [6.07, 6.45) is 1.55. The van der Waals surface area contributed by atoms with Crippen LogP contribution in [-0.4, -0.2) is 30.1 Å². The van der Waals surface area contributed by atoms with Crippen molar-refractivity contribution in [2.75, 3.05) is 14.2 Å². The van der Waals surface area contributed by atoms with Crippen LogP contribution in [0, 0.1) is 6.92 Å². The van der Waals surface area contributed by atoms with Crippen LogP contribution in [0.3, 0.4) is 0 Å². The molecular formula is C18H15Br2N3O3. The number of aryl methyl sites for hydroxylation is 1. The Kier molecular flexibility index (Phi) is 5.43. The monoisotopic (exact) mass is 479 g/mol. The zero-order chi connectivity index (χ0) is 18.8. The van der Waals surface area contributed by atoms with Crippen molar-refractivity contribution >= 4 is 49.0 Å². The van der Waals surface area contributed by atoms with Gasteiger partial charge in [0.25, 0.3) is 5.56 Å². The zero-order valence-electron chi connectivity index (χ0n) is 14.3. The number of fused-ring (bicyclic) bond motifs is 1. The molecule has 6 nitrogen and oxygen atoms in total. The van der Waals surface area contributed by atoms with Crippen LogP contribution < -0.4 is 15.0 Å². The number of hydrogen-bond donors (Lipinski definition) is 0. The fourth-order valence-electron chi connectivity index (χ4n) is 2.57. The second-order valence-corrected chi connectivity index (χ2v) is 7.24. The molecule has 3 aromatic rings. The number of nitrogens with zero attached hydrogens (tertiary/aromatic N) is 3. The molecule has 1 heterocycles. The number of methoxy groups -OCH3 is 2. The number of ether oxygens (including phenoxy) is 2. The van der Waals surface area contributed by atoms with Crippen LogP contribution in [0.5, 0.6) is 11.5 Å². The van der Waals surface area contributed by atoms with Gasteiger partial charge in [0.05, 0.1) is 31.3 Å². The van der Waals surface area contributed by atoms with E-state index < -0.39 is 0 Å². The molecule has 0 aliphatic heterocycles. The Labute approximate surface area is 166 Å². The summed E-state index contributed by atoms with van der Waals surface area (Å²) in [5, 5.41) is 4.81. The van der Waals surface area contributed by atoms with E-state index in [1.807, 2.05) is 12.1 Å². The highest BCUT2D eigenvalue weighted by Crippen LogP contribution is 2.33. The molecule has 0 unspecified atom stereocenters. The molecule has 0 radical (unpaired) electrons. The van der Waals surface area contributed by atoms with E-state index in [1.54, 1.807) is 45.6 Å². The first-order chi connectivity index (χ1) is 12.4. The summed E-state index contributed by atoms with van der Waals surface area (Å²) in [6.45, 7) is 1.74. The number of benzene rings is 2. The van der Waals surface area contributed by atoms with E-state index in [0.29, 0.717) is 33.8 Å². The van der Waals surface area contributed by atoms with E-state index in [4.69, 9.17) is 9.47 Å². The predicted octanol–water partition coefficient (Wildman–Crippen LogP) is 4.13. The average Bonchev–Trinajstić information content (AvgIpc) is 2.61. The van der Waals surface area contributed by atoms with E-state index in [2.05, 4.69) is 41.9 Å². The van der Waals surface area contributed by atoms with E-state index >= 15 is 0 Å². The summed E-state index contributed by atoms with van der Waals surface area (Å²) in [5.74, 6) is 1.58. The largest absolute Gasteiger partial charge is 0.493 e. The predicted molar refractivity (Wildman–Crippen MR) is 109 cm³/mol. The molecule has 0 saturated carbocycles. The van der Waals surface area contributed by atoms with Crippen molar-refractivity contribution in [1.82, 2.24) is 9.66 Å². The molecular weight excluding hydrogens is 466 g/mol. The smallest absolute Gasteiger partial charge is 0.282 e. The Morgan fingerprint density at radius 2 is 1.88 bits per heavy atom. The number of rotatable bonds is 4. The lowest BCUT2D eigenvalue weighted by molar-refractivity contribution is 0.354. The fourth-order valence-corrected chi connectivity index (χ4v) is 3.39. The third kappa shape index (κ3) is 3.52. The minimum atomic E-state index is -0.244. The molecule has 8 heteroatoms. The van der Waals surface area contributed by atoms with Crippen LogP contribution in [0.4, 0.5) is 0 Å². The second-order valence-electron chi connectivity index (χ2n) is 5.41. The molecule has 134 valence electrons. The molecule has 0 aliphatic rings. The van der Waals surface area contributed by atoms with Gasteiger partial charge in [-0.25, -0.2) is 4.98 Å². The van der Waals surface area contributed by atoms with Crippen molar-refractivity contribution in [1.29, 1.82) is 0 Å². The molecule has 0 fully saturated rings. The maximum absolute atomic E-state index is 12.8. The Bertz CT molecular complexity index is 1080. The molecule has 0 aliphatic carbocycles. The first-order valence-electron chi connectivity index (χ1n) is 7.59. The molecule has 26 heavy (non-hydrogen) atoms. The Hall–Kier alpha value is -2.19. The van der Waals surface area contributed by atoms with Crippen molar-refractivity contribution in [3.05, 3.63) is 61.0 Å². The molecule has 3 rings (SSSR count). The zero-order valence-corrected chi connectivity index (χ0v) is 17.5. The van der Waals surface area contributed by atoms with Gasteiger partial charge in [-0.2, -0.15) is 9.78 Å². The lowest BCUT2D eigenvalue weighted by Crippen LogP contribution is -2.20. The van der Waals surface area contributed by atoms with Gasteiger partial charge in [-0.1, -0.05) is 31.9 Å². The summed E-state index contributed by atoms with van der Waals surface area (Å²) in [5.41, 5.74) is 1.05. The summed E-state index contributed by atoms with van der Waals surface area (Å²) < 4.78 is 13.6. The Morgan fingerprint density at radius 1 is 1.12 bits per heavy atom. The highest BCUT2D eigenvalue weighted by Gasteiger charge is 2.12. The van der Waals surface area contributed by atoms with Crippen LogP contribution in [0.15, 0.2) is 49.2 Å². The second kappa shape index (κ2) is 7.59. The van der Waals surface area contributed by atoms with E-state index in [1.165, 1.54) is 4.68 Å². The van der Waals surface area contributed by atoms with Crippen molar-refractivity contribution in [2.24, 2.45) is 5.10 Å². The average molecular weight is 481 g/mol. The van der Waals surface area contributed by atoms with Crippen LogP contribution in [0.25, 0.3) is 10.9 Å². The maximum atomic E-state index is 12.8. The Balaban J connectivity index is 2.15. The summed E-state index contributed by atoms with van der Waals surface area (Å²) in [7, 11) is 3.11. The molecule has 2 aromatic carbocycles. The third-order valence-electron chi connectivity index (χ3n) is 3.75. The van der Waals surface area contributed by atoms with Gasteiger partial charge in [0.15, 0.2) is 11.5 Å². The lowest BCUT2D eigenvalue weighted by Gasteiger charge is -2.11. The standard InChI is InChI=1S/C18H15Br2N3O3/c1-10-22-15-5-4-12(19)7-14(15)18(24)23(10)21-9-11-6-13(20)8-16(25-2)17(11)26-3/h4-9H,1-3H3. The molecule has 0 saturated heterocycles. The van der Waals surface area contributed by atoms with E-state index in [0.717, 1.165) is 8.95 Å². The summed E-state index contributed by atoms with van der Waals surface area (Å²) >= 11 is 6.81. The van der Waals surface area contributed by atoms with Gasteiger partial charge in [0.2, 0.25) is 0 Å². The maximum Gasteiger partial charge on any atom is 0.282 e. The molecule has 0 spiro atoms. The van der Waals surface area contributed by atoms with Crippen LogP contribution in [-0.2, 0) is 0 Å². The lowest BCUT2D eigenvalue weighted by atomic mass is 10.2. The van der Waals surface area contributed by atoms with Gasteiger partial charge in [-0.05, 0) is 37.3 Å². The number of halogens is 2. The molecule has 0 N–H and O–H groups in total. The van der Waals surface area contributed by atoms with Gasteiger partial charge >= 0.3 is 0 Å². The quantitative estimate of drug-likeness (QED) is 0.526. The van der Waals surface area contributed by atoms with Crippen LogP contribution in [0.2, 0.25) is 0 Å². The SMILES string of the molecule is COc1cc(Br)cc(C=Nn2c(C)nc3ccc(Br)cc3c2=O)c1OC. The van der Waals surface area contributed by atoms with Crippen molar-refractivity contribution in [3.63, 3.8) is 0 Å².